The van der Waals surface area contributed by atoms with Crippen molar-refractivity contribution in [3.05, 3.63) is 39.8 Å². The number of anilines is 1. The molecule has 4 rings (SSSR count). The zero-order chi connectivity index (χ0) is 17.2. The van der Waals surface area contributed by atoms with Gasteiger partial charge in [0.15, 0.2) is 0 Å². The number of thiophene rings is 1. The molecule has 0 saturated carbocycles. The highest BCUT2D eigenvalue weighted by molar-refractivity contribution is 7.18. The smallest absolute Gasteiger partial charge is 0.267 e. The molecule has 0 radical (unpaired) electrons. The molecule has 2 aromatic rings. The lowest BCUT2D eigenvalue weighted by Crippen LogP contribution is -2.52. The molecule has 9 heteroatoms. The fourth-order valence-electron chi connectivity index (χ4n) is 2.91. The van der Waals surface area contributed by atoms with Crippen molar-refractivity contribution in [2.45, 2.75) is 12.5 Å². The molecule has 0 N–H and O–H groups in total. The molecule has 1 amide bonds. The molecule has 1 fully saturated rings. The average Bonchev–Trinajstić information content (AvgIpc) is 3.31. The van der Waals surface area contributed by atoms with E-state index < -0.39 is 6.10 Å². The van der Waals surface area contributed by atoms with Gasteiger partial charge in [0.2, 0.25) is 12.1 Å². The lowest BCUT2D eigenvalue weighted by atomic mass is 10.1. The maximum Gasteiger partial charge on any atom is 0.267 e. The Labute approximate surface area is 153 Å². The zero-order valence-corrected chi connectivity index (χ0v) is 14.9. The molecule has 2 aliphatic heterocycles. The Morgan fingerprint density at radius 2 is 1.96 bits per heavy atom. The summed E-state index contributed by atoms with van der Waals surface area (Å²) in [7, 11) is 0. The molecule has 2 aromatic heterocycles. The van der Waals surface area contributed by atoms with Crippen LogP contribution in [0.1, 0.15) is 11.3 Å². The summed E-state index contributed by atoms with van der Waals surface area (Å²) in [5, 5.41) is 4.07. The monoisotopic (exact) mass is 377 g/mol. The van der Waals surface area contributed by atoms with Gasteiger partial charge in [-0.3, -0.25) is 4.79 Å². The molecule has 1 unspecified atom stereocenters. The summed E-state index contributed by atoms with van der Waals surface area (Å²) in [5.74, 6) is 0.682. The minimum absolute atomic E-state index is 0.0185. The van der Waals surface area contributed by atoms with Crippen LogP contribution in [-0.2, 0) is 9.63 Å². The number of aromatic nitrogens is 2. The first-order valence-electron chi connectivity index (χ1n) is 8.00. The van der Waals surface area contributed by atoms with E-state index in [1.54, 1.807) is 18.5 Å². The van der Waals surface area contributed by atoms with Crippen LogP contribution in [0.15, 0.2) is 35.7 Å². The predicted octanol–water partition coefficient (Wildman–Crippen LogP) is 2.03. The fraction of sp³-hybridized carbons (Fsp3) is 0.375. The van der Waals surface area contributed by atoms with E-state index in [0.717, 1.165) is 10.6 Å². The molecule has 1 atom stereocenters. The normalized spacial score (nSPS) is 20.4. The predicted molar refractivity (Wildman–Crippen MR) is 96.2 cm³/mol. The summed E-state index contributed by atoms with van der Waals surface area (Å²) >= 11 is 7.40. The first kappa shape index (κ1) is 16.3. The highest BCUT2D eigenvalue weighted by Crippen LogP contribution is 2.27. The average molecular weight is 378 g/mol. The van der Waals surface area contributed by atoms with E-state index in [1.807, 2.05) is 17.0 Å². The van der Waals surface area contributed by atoms with Gasteiger partial charge in [0, 0.05) is 45.0 Å². The van der Waals surface area contributed by atoms with E-state index in [0.29, 0.717) is 42.9 Å². The number of piperazine rings is 1. The molecule has 0 aliphatic carbocycles. The van der Waals surface area contributed by atoms with Crippen LogP contribution in [0.2, 0.25) is 4.34 Å². The van der Waals surface area contributed by atoms with Crippen LogP contribution < -0.4 is 4.90 Å². The lowest BCUT2D eigenvalue weighted by molar-refractivity contribution is -0.142. The van der Waals surface area contributed by atoms with Crippen LogP contribution in [0.5, 0.6) is 0 Å². The van der Waals surface area contributed by atoms with Crippen LogP contribution in [0.4, 0.5) is 5.95 Å². The number of hydrogen-bond donors (Lipinski definition) is 0. The van der Waals surface area contributed by atoms with Crippen molar-refractivity contribution >= 4 is 40.5 Å². The van der Waals surface area contributed by atoms with Gasteiger partial charge >= 0.3 is 0 Å². The van der Waals surface area contributed by atoms with Gasteiger partial charge in [-0.1, -0.05) is 16.8 Å². The third-order valence-electron chi connectivity index (χ3n) is 4.23. The van der Waals surface area contributed by atoms with Crippen molar-refractivity contribution < 1.29 is 9.63 Å². The first-order chi connectivity index (χ1) is 12.2. The van der Waals surface area contributed by atoms with Crippen LogP contribution in [-0.4, -0.2) is 58.8 Å². The Bertz CT molecular complexity index is 789. The number of carbonyl (C=O) groups excluding carboxylic acids is 1. The van der Waals surface area contributed by atoms with E-state index in [4.69, 9.17) is 16.4 Å². The second kappa shape index (κ2) is 6.97. The van der Waals surface area contributed by atoms with Gasteiger partial charge in [-0.2, -0.15) is 0 Å². The number of nitrogens with zero attached hydrogens (tertiary/aromatic N) is 5. The molecule has 0 spiro atoms. The summed E-state index contributed by atoms with van der Waals surface area (Å²) in [6, 6.07) is 5.52. The summed E-state index contributed by atoms with van der Waals surface area (Å²) < 4.78 is 0.701. The van der Waals surface area contributed by atoms with Gasteiger partial charge in [0.25, 0.3) is 5.91 Å². The number of carbonyl (C=O) groups is 1. The highest BCUT2D eigenvalue weighted by atomic mass is 35.5. The molecule has 0 bridgehead atoms. The Balaban J connectivity index is 1.33. The minimum atomic E-state index is -0.546. The molecule has 0 aromatic carbocycles. The lowest BCUT2D eigenvalue weighted by Gasteiger charge is -2.35. The Morgan fingerprint density at radius 1 is 1.20 bits per heavy atom. The van der Waals surface area contributed by atoms with E-state index in [-0.39, 0.29) is 5.91 Å². The second-order valence-corrected chi connectivity index (χ2v) is 7.52. The third kappa shape index (κ3) is 3.45. The van der Waals surface area contributed by atoms with Gasteiger partial charge in [0.05, 0.1) is 9.21 Å². The Morgan fingerprint density at radius 3 is 2.64 bits per heavy atom. The zero-order valence-electron chi connectivity index (χ0n) is 13.3. The maximum atomic E-state index is 12.7. The topological polar surface area (TPSA) is 70.9 Å². The van der Waals surface area contributed by atoms with Gasteiger partial charge in [-0.05, 0) is 18.2 Å². The van der Waals surface area contributed by atoms with Crippen LogP contribution in [0.25, 0.3) is 0 Å². The number of oxime groups is 1. The van der Waals surface area contributed by atoms with Crippen molar-refractivity contribution in [1.82, 2.24) is 14.9 Å². The number of rotatable bonds is 3. The number of halogens is 1. The standard InChI is InChI=1S/C16H16ClN5O2S/c17-14-3-2-13(25-14)11-10-12(24-20-11)15(23)21-6-8-22(9-7-21)16-18-4-1-5-19-16/h1-5,12H,6-10H2. The molecule has 7 nitrogen and oxygen atoms in total. The van der Waals surface area contributed by atoms with Crippen molar-refractivity contribution in [2.24, 2.45) is 5.16 Å². The third-order valence-corrected chi connectivity index (χ3v) is 5.51. The summed E-state index contributed by atoms with van der Waals surface area (Å²) in [6.07, 6.45) is 3.39. The number of amides is 1. The molecular weight excluding hydrogens is 362 g/mol. The Hall–Kier alpha value is -2.19. The van der Waals surface area contributed by atoms with Crippen molar-refractivity contribution in [3.8, 4) is 0 Å². The largest absolute Gasteiger partial charge is 0.382 e. The van der Waals surface area contributed by atoms with E-state index in [1.165, 1.54) is 11.3 Å². The SMILES string of the molecule is O=C(C1CC(c2ccc(Cl)s2)=NO1)N1CCN(c2ncccn2)CC1. The van der Waals surface area contributed by atoms with Gasteiger partial charge in [0.1, 0.15) is 5.71 Å². The van der Waals surface area contributed by atoms with E-state index in [2.05, 4.69) is 20.0 Å². The van der Waals surface area contributed by atoms with Crippen molar-refractivity contribution in [3.63, 3.8) is 0 Å². The molecule has 130 valence electrons. The van der Waals surface area contributed by atoms with Gasteiger partial charge in [-0.25, -0.2) is 9.97 Å². The van der Waals surface area contributed by atoms with E-state index >= 15 is 0 Å². The van der Waals surface area contributed by atoms with Crippen LogP contribution >= 0.6 is 22.9 Å². The first-order valence-corrected chi connectivity index (χ1v) is 9.19. The van der Waals surface area contributed by atoms with Gasteiger partial charge < -0.3 is 14.6 Å². The molecule has 25 heavy (non-hydrogen) atoms. The summed E-state index contributed by atoms with van der Waals surface area (Å²) in [6.45, 7) is 2.65. The van der Waals surface area contributed by atoms with Gasteiger partial charge in [-0.15, -0.1) is 11.3 Å². The summed E-state index contributed by atoms with van der Waals surface area (Å²) in [5.41, 5.74) is 0.784. The molecular formula is C16H16ClN5O2S. The Kier molecular flexibility index (Phi) is 4.54. The van der Waals surface area contributed by atoms with Crippen LogP contribution in [0, 0.1) is 0 Å². The second-order valence-electron chi connectivity index (χ2n) is 5.80. The maximum absolute atomic E-state index is 12.7. The van der Waals surface area contributed by atoms with Crippen LogP contribution in [0.3, 0.4) is 0 Å². The minimum Gasteiger partial charge on any atom is -0.382 e. The molecule has 4 heterocycles. The highest BCUT2D eigenvalue weighted by Gasteiger charge is 2.34. The van der Waals surface area contributed by atoms with E-state index in [9.17, 15) is 4.79 Å². The van der Waals surface area contributed by atoms with Crippen molar-refractivity contribution in [1.29, 1.82) is 0 Å². The molecule has 2 aliphatic rings. The quantitative estimate of drug-likeness (QED) is 0.818. The molecule has 1 saturated heterocycles. The number of hydrogen-bond acceptors (Lipinski definition) is 7. The fourth-order valence-corrected chi connectivity index (χ4v) is 3.94. The summed E-state index contributed by atoms with van der Waals surface area (Å²) in [4.78, 5) is 31.4. The van der Waals surface area contributed by atoms with Crippen molar-refractivity contribution in [2.75, 3.05) is 31.1 Å².